The van der Waals surface area contributed by atoms with Gasteiger partial charge < -0.3 is 10.1 Å². The van der Waals surface area contributed by atoms with Crippen LogP contribution in [0.4, 0.5) is 0 Å². The lowest BCUT2D eigenvalue weighted by atomic mass is 10.1. The van der Waals surface area contributed by atoms with E-state index in [0.717, 1.165) is 18.5 Å². The third-order valence-electron chi connectivity index (χ3n) is 3.42. The van der Waals surface area contributed by atoms with Crippen LogP contribution in [0.3, 0.4) is 0 Å². The summed E-state index contributed by atoms with van der Waals surface area (Å²) in [5.41, 5.74) is 0.915. The van der Waals surface area contributed by atoms with Gasteiger partial charge in [0.15, 0.2) is 0 Å². The van der Waals surface area contributed by atoms with Crippen LogP contribution in [0.2, 0.25) is 0 Å². The predicted molar refractivity (Wildman–Crippen MR) is 69.1 cm³/mol. The van der Waals surface area contributed by atoms with E-state index in [4.69, 9.17) is 4.74 Å². The normalized spacial score (nSPS) is 17.6. The maximum absolute atomic E-state index is 11.8. The van der Waals surface area contributed by atoms with Gasteiger partial charge in [-0.3, -0.25) is 9.78 Å². The first kappa shape index (κ1) is 13.0. The number of nitrogens with zero attached hydrogens (tertiary/aromatic N) is 1. The minimum Gasteiger partial charge on any atom is -0.468 e. The third kappa shape index (κ3) is 3.53. The van der Waals surface area contributed by atoms with Gasteiger partial charge in [-0.2, -0.15) is 0 Å². The highest BCUT2D eigenvalue weighted by molar-refractivity contribution is 5.76. The van der Waals surface area contributed by atoms with Crippen molar-refractivity contribution in [2.75, 3.05) is 7.11 Å². The van der Waals surface area contributed by atoms with E-state index in [9.17, 15) is 4.79 Å². The SMILES string of the molecule is COC(=O)[C@@H](Cc1ccccn1)NC1CCCC1. The molecule has 4 heteroatoms. The standard InChI is InChI=1S/C14H20N2O2/c1-18-14(17)13(16-11-6-2-3-7-11)10-12-8-4-5-9-15-12/h4-5,8-9,11,13,16H,2-3,6-7,10H2,1H3/t13-/m1/s1. The average molecular weight is 248 g/mol. The molecule has 1 heterocycles. The molecule has 0 bridgehead atoms. The van der Waals surface area contributed by atoms with Crippen molar-refractivity contribution in [1.82, 2.24) is 10.3 Å². The van der Waals surface area contributed by atoms with E-state index >= 15 is 0 Å². The van der Waals surface area contributed by atoms with Gasteiger partial charge in [0.2, 0.25) is 0 Å². The number of esters is 1. The lowest BCUT2D eigenvalue weighted by molar-refractivity contribution is -0.143. The number of rotatable bonds is 5. The van der Waals surface area contributed by atoms with E-state index in [1.807, 2.05) is 18.2 Å². The maximum Gasteiger partial charge on any atom is 0.323 e. The lowest BCUT2D eigenvalue weighted by Gasteiger charge is -2.20. The van der Waals surface area contributed by atoms with Crippen LogP contribution in [-0.4, -0.2) is 30.1 Å². The maximum atomic E-state index is 11.8. The zero-order valence-corrected chi connectivity index (χ0v) is 10.8. The summed E-state index contributed by atoms with van der Waals surface area (Å²) >= 11 is 0. The number of carbonyl (C=O) groups is 1. The van der Waals surface area contributed by atoms with Crippen molar-refractivity contribution in [2.45, 2.75) is 44.2 Å². The Kier molecular flexibility index (Phi) is 4.70. The van der Waals surface area contributed by atoms with Crippen LogP contribution < -0.4 is 5.32 Å². The van der Waals surface area contributed by atoms with Gasteiger partial charge in [0.05, 0.1) is 7.11 Å². The number of carbonyl (C=O) groups excluding carboxylic acids is 1. The first-order valence-corrected chi connectivity index (χ1v) is 6.53. The molecule has 0 amide bonds. The van der Waals surface area contributed by atoms with Crippen LogP contribution in [0.15, 0.2) is 24.4 Å². The fourth-order valence-corrected chi connectivity index (χ4v) is 2.46. The summed E-state index contributed by atoms with van der Waals surface area (Å²) in [4.78, 5) is 16.1. The summed E-state index contributed by atoms with van der Waals surface area (Å²) in [7, 11) is 1.43. The number of hydrogen-bond donors (Lipinski definition) is 1. The van der Waals surface area contributed by atoms with Gasteiger partial charge in [0, 0.05) is 24.4 Å². The van der Waals surface area contributed by atoms with Crippen LogP contribution in [0, 0.1) is 0 Å². The third-order valence-corrected chi connectivity index (χ3v) is 3.42. The molecule has 0 saturated heterocycles. The number of ether oxygens (including phenoxy) is 1. The number of nitrogens with one attached hydrogen (secondary N) is 1. The summed E-state index contributed by atoms with van der Waals surface area (Å²) < 4.78 is 4.87. The Morgan fingerprint density at radius 3 is 2.89 bits per heavy atom. The molecule has 1 N–H and O–H groups in total. The Bertz CT molecular complexity index is 375. The fourth-order valence-electron chi connectivity index (χ4n) is 2.46. The Labute approximate surface area is 108 Å². The molecule has 1 aromatic rings. The van der Waals surface area contributed by atoms with Crippen LogP contribution >= 0.6 is 0 Å². The molecule has 0 aromatic carbocycles. The van der Waals surface area contributed by atoms with E-state index in [1.165, 1.54) is 20.0 Å². The number of aromatic nitrogens is 1. The molecule has 98 valence electrons. The smallest absolute Gasteiger partial charge is 0.323 e. The molecule has 1 aromatic heterocycles. The van der Waals surface area contributed by atoms with Crippen molar-refractivity contribution in [2.24, 2.45) is 0 Å². The average Bonchev–Trinajstić information content (AvgIpc) is 2.91. The first-order chi connectivity index (χ1) is 8.79. The second-order valence-corrected chi connectivity index (χ2v) is 4.75. The lowest BCUT2D eigenvalue weighted by Crippen LogP contribution is -2.44. The highest BCUT2D eigenvalue weighted by Crippen LogP contribution is 2.18. The molecular formula is C14H20N2O2. The number of pyridine rings is 1. The summed E-state index contributed by atoms with van der Waals surface area (Å²) in [6.45, 7) is 0. The molecule has 1 aliphatic rings. The predicted octanol–water partition coefficient (Wildman–Crippen LogP) is 1.70. The van der Waals surface area contributed by atoms with Crippen molar-refractivity contribution in [3.05, 3.63) is 30.1 Å². The molecule has 0 unspecified atom stereocenters. The Morgan fingerprint density at radius 2 is 2.28 bits per heavy atom. The quantitative estimate of drug-likeness (QED) is 0.806. The van der Waals surface area contributed by atoms with E-state index in [2.05, 4.69) is 10.3 Å². The zero-order valence-electron chi connectivity index (χ0n) is 10.8. The zero-order chi connectivity index (χ0) is 12.8. The van der Waals surface area contributed by atoms with E-state index in [0.29, 0.717) is 12.5 Å². The molecule has 18 heavy (non-hydrogen) atoms. The van der Waals surface area contributed by atoms with Gasteiger partial charge in [0.25, 0.3) is 0 Å². The fraction of sp³-hybridized carbons (Fsp3) is 0.571. The number of hydrogen-bond acceptors (Lipinski definition) is 4. The molecule has 1 fully saturated rings. The summed E-state index contributed by atoms with van der Waals surface area (Å²) in [6.07, 6.45) is 7.12. The van der Waals surface area contributed by atoms with Crippen molar-refractivity contribution < 1.29 is 9.53 Å². The van der Waals surface area contributed by atoms with Gasteiger partial charge in [0.1, 0.15) is 6.04 Å². The first-order valence-electron chi connectivity index (χ1n) is 6.53. The van der Waals surface area contributed by atoms with Crippen molar-refractivity contribution >= 4 is 5.97 Å². The minimum atomic E-state index is -0.284. The summed E-state index contributed by atoms with van der Waals surface area (Å²) in [5.74, 6) is -0.201. The van der Waals surface area contributed by atoms with Gasteiger partial charge >= 0.3 is 5.97 Å². The summed E-state index contributed by atoms with van der Waals surface area (Å²) in [5, 5.41) is 3.40. The largest absolute Gasteiger partial charge is 0.468 e. The molecule has 0 aliphatic heterocycles. The number of methoxy groups -OCH3 is 1. The molecule has 0 spiro atoms. The van der Waals surface area contributed by atoms with Crippen LogP contribution in [0.1, 0.15) is 31.4 Å². The van der Waals surface area contributed by atoms with Gasteiger partial charge in [-0.25, -0.2) is 0 Å². The topological polar surface area (TPSA) is 51.2 Å². The van der Waals surface area contributed by atoms with Crippen LogP contribution in [-0.2, 0) is 16.0 Å². The molecule has 1 aliphatic carbocycles. The van der Waals surface area contributed by atoms with Gasteiger partial charge in [-0.05, 0) is 25.0 Å². The highest BCUT2D eigenvalue weighted by Gasteiger charge is 2.25. The van der Waals surface area contributed by atoms with Crippen molar-refractivity contribution in [3.8, 4) is 0 Å². The Morgan fingerprint density at radius 1 is 1.50 bits per heavy atom. The van der Waals surface area contributed by atoms with Crippen LogP contribution in [0.5, 0.6) is 0 Å². The van der Waals surface area contributed by atoms with E-state index < -0.39 is 0 Å². The van der Waals surface area contributed by atoms with E-state index in [1.54, 1.807) is 6.20 Å². The minimum absolute atomic E-state index is 0.201. The molecule has 0 radical (unpaired) electrons. The molecule has 1 atom stereocenters. The summed E-state index contributed by atoms with van der Waals surface area (Å²) in [6, 6.07) is 5.91. The Balaban J connectivity index is 1.98. The van der Waals surface area contributed by atoms with Crippen LogP contribution in [0.25, 0.3) is 0 Å². The molecular weight excluding hydrogens is 228 g/mol. The molecule has 2 rings (SSSR count). The second-order valence-electron chi connectivity index (χ2n) is 4.75. The van der Waals surface area contributed by atoms with Crippen molar-refractivity contribution in [1.29, 1.82) is 0 Å². The molecule has 1 saturated carbocycles. The Hall–Kier alpha value is -1.42. The monoisotopic (exact) mass is 248 g/mol. The second kappa shape index (κ2) is 6.50. The van der Waals surface area contributed by atoms with Gasteiger partial charge in [-0.1, -0.05) is 18.9 Å². The van der Waals surface area contributed by atoms with Crippen molar-refractivity contribution in [3.63, 3.8) is 0 Å². The highest BCUT2D eigenvalue weighted by atomic mass is 16.5. The van der Waals surface area contributed by atoms with Gasteiger partial charge in [-0.15, -0.1) is 0 Å². The van der Waals surface area contributed by atoms with E-state index in [-0.39, 0.29) is 12.0 Å². The molecule has 4 nitrogen and oxygen atoms in total.